The number of nitrogens with one attached hydrogen (secondary N) is 1. The molecule has 0 saturated heterocycles. The zero-order chi connectivity index (χ0) is 13.0. The minimum absolute atomic E-state index is 0.938. The van der Waals surface area contributed by atoms with Crippen LogP contribution in [-0.4, -0.2) is 6.54 Å². The van der Waals surface area contributed by atoms with E-state index in [4.69, 9.17) is 4.42 Å². The highest BCUT2D eigenvalue weighted by atomic mass is 32.2. The monoisotopic (exact) mass is 261 g/mol. The van der Waals surface area contributed by atoms with Gasteiger partial charge in [0.05, 0.1) is 11.2 Å². The van der Waals surface area contributed by atoms with E-state index in [9.17, 15) is 0 Å². The summed E-state index contributed by atoms with van der Waals surface area (Å²) in [7, 11) is 0. The first-order valence-electron chi connectivity index (χ1n) is 6.23. The molecule has 0 aliphatic rings. The number of benzene rings is 1. The van der Waals surface area contributed by atoms with E-state index in [1.807, 2.05) is 13.0 Å². The van der Waals surface area contributed by atoms with Gasteiger partial charge in [0.2, 0.25) is 0 Å². The molecule has 0 fully saturated rings. The van der Waals surface area contributed by atoms with Crippen LogP contribution in [0.4, 0.5) is 0 Å². The van der Waals surface area contributed by atoms with Crippen LogP contribution in [-0.2, 0) is 6.54 Å². The lowest BCUT2D eigenvalue weighted by Gasteiger charge is -2.08. The Morgan fingerprint density at radius 3 is 2.61 bits per heavy atom. The lowest BCUT2D eigenvalue weighted by molar-refractivity contribution is 0.527. The lowest BCUT2D eigenvalue weighted by atomic mass is 10.1. The molecule has 1 heterocycles. The smallest absolute Gasteiger partial charge is 0.114 e. The largest absolute Gasteiger partial charge is 0.468 e. The Kier molecular flexibility index (Phi) is 4.50. The van der Waals surface area contributed by atoms with Crippen molar-refractivity contribution >= 4 is 11.8 Å². The molecule has 0 spiro atoms. The molecule has 3 heteroatoms. The van der Waals surface area contributed by atoms with Crippen LogP contribution in [0.5, 0.6) is 0 Å². The standard InChI is InChI=1S/C15H19NOS/c1-4-16-10-13-5-6-14(11(2)9-13)18-15-7-8-17-12(15)3/h5-9,16H,4,10H2,1-3H3. The zero-order valence-corrected chi connectivity index (χ0v) is 11.9. The van der Waals surface area contributed by atoms with Gasteiger partial charge in [0.15, 0.2) is 0 Å². The second-order valence-corrected chi connectivity index (χ2v) is 5.41. The van der Waals surface area contributed by atoms with E-state index in [-0.39, 0.29) is 0 Å². The van der Waals surface area contributed by atoms with Gasteiger partial charge in [-0.2, -0.15) is 0 Å². The summed E-state index contributed by atoms with van der Waals surface area (Å²) < 4.78 is 5.32. The Morgan fingerprint density at radius 1 is 1.17 bits per heavy atom. The molecular weight excluding hydrogens is 242 g/mol. The molecule has 2 aromatic rings. The average Bonchev–Trinajstić information content (AvgIpc) is 2.75. The third-order valence-electron chi connectivity index (χ3n) is 2.85. The summed E-state index contributed by atoms with van der Waals surface area (Å²) >= 11 is 1.77. The topological polar surface area (TPSA) is 25.2 Å². The minimum Gasteiger partial charge on any atom is -0.468 e. The molecule has 1 aromatic heterocycles. The van der Waals surface area contributed by atoms with Gasteiger partial charge in [-0.25, -0.2) is 0 Å². The van der Waals surface area contributed by atoms with Crippen molar-refractivity contribution in [3.8, 4) is 0 Å². The third kappa shape index (κ3) is 3.18. The predicted octanol–water partition coefficient (Wildman–Crippen LogP) is 4.16. The van der Waals surface area contributed by atoms with E-state index < -0.39 is 0 Å². The summed E-state index contributed by atoms with van der Waals surface area (Å²) in [5.74, 6) is 0.983. The van der Waals surface area contributed by atoms with E-state index in [0.717, 1.165) is 18.8 Å². The van der Waals surface area contributed by atoms with E-state index in [1.165, 1.54) is 20.9 Å². The van der Waals surface area contributed by atoms with Crippen molar-refractivity contribution in [3.63, 3.8) is 0 Å². The van der Waals surface area contributed by atoms with Gasteiger partial charge in [-0.15, -0.1) is 0 Å². The second kappa shape index (κ2) is 6.12. The quantitative estimate of drug-likeness (QED) is 0.875. The predicted molar refractivity (Wildman–Crippen MR) is 76.1 cm³/mol. The molecule has 1 aromatic carbocycles. The van der Waals surface area contributed by atoms with Gasteiger partial charge in [-0.05, 0) is 43.7 Å². The van der Waals surface area contributed by atoms with E-state index in [1.54, 1.807) is 18.0 Å². The van der Waals surface area contributed by atoms with Gasteiger partial charge < -0.3 is 9.73 Å². The molecule has 0 aliphatic carbocycles. The highest BCUT2D eigenvalue weighted by Crippen LogP contribution is 2.33. The Bertz CT molecular complexity index is 519. The molecule has 18 heavy (non-hydrogen) atoms. The Balaban J connectivity index is 2.12. The van der Waals surface area contributed by atoms with Crippen LogP contribution in [0.2, 0.25) is 0 Å². The fraction of sp³-hybridized carbons (Fsp3) is 0.333. The van der Waals surface area contributed by atoms with Crippen molar-refractivity contribution in [2.75, 3.05) is 6.54 Å². The van der Waals surface area contributed by atoms with Crippen LogP contribution < -0.4 is 5.32 Å². The number of hydrogen-bond acceptors (Lipinski definition) is 3. The molecule has 0 radical (unpaired) electrons. The van der Waals surface area contributed by atoms with Crippen LogP contribution >= 0.6 is 11.8 Å². The summed E-state index contributed by atoms with van der Waals surface area (Å²) in [5, 5.41) is 3.34. The Morgan fingerprint density at radius 2 is 2.00 bits per heavy atom. The highest BCUT2D eigenvalue weighted by molar-refractivity contribution is 7.99. The SMILES string of the molecule is CCNCc1ccc(Sc2ccoc2C)c(C)c1. The molecule has 0 atom stereocenters. The summed E-state index contributed by atoms with van der Waals surface area (Å²) in [6.07, 6.45) is 1.74. The van der Waals surface area contributed by atoms with Crippen molar-refractivity contribution in [2.45, 2.75) is 37.1 Å². The summed E-state index contributed by atoms with van der Waals surface area (Å²) in [6.45, 7) is 8.22. The maximum absolute atomic E-state index is 5.32. The zero-order valence-electron chi connectivity index (χ0n) is 11.1. The van der Waals surface area contributed by atoms with Crippen molar-refractivity contribution in [3.05, 3.63) is 47.4 Å². The molecule has 2 nitrogen and oxygen atoms in total. The van der Waals surface area contributed by atoms with Gasteiger partial charge in [0.1, 0.15) is 5.76 Å². The molecule has 2 rings (SSSR count). The number of aryl methyl sites for hydroxylation is 2. The number of hydrogen-bond donors (Lipinski definition) is 1. The molecule has 0 unspecified atom stereocenters. The molecule has 96 valence electrons. The van der Waals surface area contributed by atoms with Crippen LogP contribution in [0.3, 0.4) is 0 Å². The first-order chi connectivity index (χ1) is 8.70. The maximum Gasteiger partial charge on any atom is 0.114 e. The molecule has 0 saturated carbocycles. The van der Waals surface area contributed by atoms with E-state index in [2.05, 4.69) is 37.4 Å². The first-order valence-corrected chi connectivity index (χ1v) is 7.04. The molecule has 0 aliphatic heterocycles. The van der Waals surface area contributed by atoms with Crippen LogP contribution in [0.1, 0.15) is 23.8 Å². The van der Waals surface area contributed by atoms with Gasteiger partial charge in [0.25, 0.3) is 0 Å². The summed E-state index contributed by atoms with van der Waals surface area (Å²) in [4.78, 5) is 2.48. The van der Waals surface area contributed by atoms with Crippen LogP contribution in [0.15, 0.2) is 44.7 Å². The van der Waals surface area contributed by atoms with Crippen molar-refractivity contribution < 1.29 is 4.42 Å². The maximum atomic E-state index is 5.32. The van der Waals surface area contributed by atoms with Gasteiger partial charge in [-0.3, -0.25) is 0 Å². The fourth-order valence-corrected chi connectivity index (χ4v) is 2.71. The second-order valence-electron chi connectivity index (χ2n) is 4.32. The molecule has 0 bridgehead atoms. The molecular formula is C15H19NOS. The highest BCUT2D eigenvalue weighted by Gasteiger charge is 2.06. The summed E-state index contributed by atoms with van der Waals surface area (Å²) in [5.41, 5.74) is 2.65. The van der Waals surface area contributed by atoms with E-state index in [0.29, 0.717) is 0 Å². The van der Waals surface area contributed by atoms with Gasteiger partial charge in [-0.1, -0.05) is 30.8 Å². The molecule has 0 amide bonds. The van der Waals surface area contributed by atoms with Crippen LogP contribution in [0, 0.1) is 13.8 Å². The van der Waals surface area contributed by atoms with Crippen LogP contribution in [0.25, 0.3) is 0 Å². The average molecular weight is 261 g/mol. The fourth-order valence-electron chi connectivity index (χ4n) is 1.80. The lowest BCUT2D eigenvalue weighted by Crippen LogP contribution is -2.11. The van der Waals surface area contributed by atoms with Crippen molar-refractivity contribution in [1.29, 1.82) is 0 Å². The Hall–Kier alpha value is -1.19. The first kappa shape index (κ1) is 13.2. The third-order valence-corrected chi connectivity index (χ3v) is 4.17. The normalized spacial score (nSPS) is 10.8. The van der Waals surface area contributed by atoms with Gasteiger partial charge in [0, 0.05) is 11.4 Å². The van der Waals surface area contributed by atoms with Gasteiger partial charge >= 0.3 is 0 Å². The molecule has 1 N–H and O–H groups in total. The van der Waals surface area contributed by atoms with Crippen molar-refractivity contribution in [2.24, 2.45) is 0 Å². The van der Waals surface area contributed by atoms with E-state index >= 15 is 0 Å². The number of furan rings is 1. The Labute approximate surface area is 113 Å². The summed E-state index contributed by atoms with van der Waals surface area (Å²) in [6, 6.07) is 8.65. The number of rotatable bonds is 5. The van der Waals surface area contributed by atoms with Crippen molar-refractivity contribution in [1.82, 2.24) is 5.32 Å². The minimum atomic E-state index is 0.938.